The fourth-order valence-electron chi connectivity index (χ4n) is 2.12. The Labute approximate surface area is 102 Å². The van der Waals surface area contributed by atoms with Crippen molar-refractivity contribution in [2.24, 2.45) is 0 Å². The SMILES string of the molecule is Nc1ncnc2c1cnn2[C@H]1C[C@H](O)[C@@H](CO)O1. The highest BCUT2D eigenvalue weighted by Crippen LogP contribution is 2.30. The molecular formula is C10H13N5O3. The summed E-state index contributed by atoms with van der Waals surface area (Å²) in [6.45, 7) is -0.228. The van der Waals surface area contributed by atoms with Crippen LogP contribution in [0.25, 0.3) is 11.0 Å². The van der Waals surface area contributed by atoms with Gasteiger partial charge in [0, 0.05) is 6.42 Å². The Morgan fingerprint density at radius 2 is 2.33 bits per heavy atom. The van der Waals surface area contributed by atoms with Gasteiger partial charge in [0.15, 0.2) is 11.9 Å². The minimum absolute atomic E-state index is 0.228. The maximum atomic E-state index is 9.70. The fraction of sp³-hybridized carbons (Fsp3) is 0.500. The molecule has 2 aromatic heterocycles. The molecule has 0 spiro atoms. The summed E-state index contributed by atoms with van der Waals surface area (Å²) in [4.78, 5) is 7.98. The summed E-state index contributed by atoms with van der Waals surface area (Å²) in [7, 11) is 0. The van der Waals surface area contributed by atoms with Crippen LogP contribution in [0.2, 0.25) is 0 Å². The van der Waals surface area contributed by atoms with E-state index in [1.165, 1.54) is 6.33 Å². The van der Waals surface area contributed by atoms with Crippen molar-refractivity contribution in [3.63, 3.8) is 0 Å². The lowest BCUT2D eigenvalue weighted by Gasteiger charge is -2.12. The van der Waals surface area contributed by atoms with Gasteiger partial charge in [-0.15, -0.1) is 0 Å². The third kappa shape index (κ3) is 1.62. The smallest absolute Gasteiger partial charge is 0.165 e. The minimum Gasteiger partial charge on any atom is -0.394 e. The zero-order chi connectivity index (χ0) is 12.7. The first-order valence-corrected chi connectivity index (χ1v) is 5.58. The molecule has 4 N–H and O–H groups in total. The number of ether oxygens (including phenoxy) is 1. The normalized spacial score (nSPS) is 28.0. The first-order chi connectivity index (χ1) is 8.70. The Bertz CT molecular complexity index is 572. The van der Waals surface area contributed by atoms with Crippen LogP contribution in [-0.4, -0.2) is 48.8 Å². The Morgan fingerprint density at radius 1 is 1.50 bits per heavy atom. The lowest BCUT2D eigenvalue weighted by Crippen LogP contribution is -2.24. The molecular weight excluding hydrogens is 238 g/mol. The molecule has 2 aromatic rings. The zero-order valence-electron chi connectivity index (χ0n) is 9.47. The van der Waals surface area contributed by atoms with Gasteiger partial charge < -0.3 is 20.7 Å². The largest absolute Gasteiger partial charge is 0.394 e. The van der Waals surface area contributed by atoms with Crippen molar-refractivity contribution in [2.75, 3.05) is 12.3 Å². The monoisotopic (exact) mass is 251 g/mol. The van der Waals surface area contributed by atoms with Crippen LogP contribution in [0.15, 0.2) is 12.5 Å². The summed E-state index contributed by atoms with van der Waals surface area (Å²) >= 11 is 0. The van der Waals surface area contributed by atoms with Gasteiger partial charge in [-0.05, 0) is 0 Å². The first-order valence-electron chi connectivity index (χ1n) is 5.58. The molecule has 1 fully saturated rings. The Morgan fingerprint density at radius 3 is 3.06 bits per heavy atom. The van der Waals surface area contributed by atoms with E-state index in [0.717, 1.165) is 0 Å². The molecule has 0 amide bonds. The number of fused-ring (bicyclic) bond motifs is 1. The molecule has 0 radical (unpaired) electrons. The van der Waals surface area contributed by atoms with E-state index < -0.39 is 18.4 Å². The van der Waals surface area contributed by atoms with Crippen molar-refractivity contribution >= 4 is 16.9 Å². The minimum atomic E-state index is -0.710. The van der Waals surface area contributed by atoms with Crippen LogP contribution in [0.3, 0.4) is 0 Å². The molecule has 3 heterocycles. The van der Waals surface area contributed by atoms with Gasteiger partial charge in [0.25, 0.3) is 0 Å². The summed E-state index contributed by atoms with van der Waals surface area (Å²) < 4.78 is 7.06. The summed E-state index contributed by atoms with van der Waals surface area (Å²) in [6, 6.07) is 0. The molecule has 1 aliphatic heterocycles. The molecule has 1 saturated heterocycles. The van der Waals surface area contributed by atoms with Crippen LogP contribution in [0.5, 0.6) is 0 Å². The van der Waals surface area contributed by atoms with Crippen LogP contribution in [0.4, 0.5) is 5.82 Å². The summed E-state index contributed by atoms with van der Waals surface area (Å²) in [5.41, 5.74) is 6.27. The van der Waals surface area contributed by atoms with Crippen molar-refractivity contribution in [1.29, 1.82) is 0 Å². The first kappa shape index (κ1) is 11.3. The van der Waals surface area contributed by atoms with Gasteiger partial charge in [0.05, 0.1) is 24.3 Å². The molecule has 0 bridgehead atoms. The molecule has 3 rings (SSSR count). The van der Waals surface area contributed by atoms with Crippen molar-refractivity contribution < 1.29 is 14.9 Å². The number of rotatable bonds is 2. The predicted molar refractivity (Wildman–Crippen MR) is 61.4 cm³/mol. The van der Waals surface area contributed by atoms with E-state index in [1.54, 1.807) is 10.9 Å². The molecule has 0 saturated carbocycles. The van der Waals surface area contributed by atoms with Gasteiger partial charge in [-0.25, -0.2) is 14.6 Å². The number of nitrogens with zero attached hydrogens (tertiary/aromatic N) is 4. The molecule has 1 aliphatic rings. The number of aromatic nitrogens is 4. The number of anilines is 1. The van der Waals surface area contributed by atoms with Gasteiger partial charge in [0.2, 0.25) is 0 Å². The van der Waals surface area contributed by atoms with E-state index in [2.05, 4.69) is 15.1 Å². The van der Waals surface area contributed by atoms with Gasteiger partial charge >= 0.3 is 0 Å². The number of nitrogens with two attached hydrogens (primary N) is 1. The highest BCUT2D eigenvalue weighted by Gasteiger charge is 2.35. The molecule has 3 atom stereocenters. The second-order valence-electron chi connectivity index (χ2n) is 4.20. The van der Waals surface area contributed by atoms with Crippen LogP contribution >= 0.6 is 0 Å². The van der Waals surface area contributed by atoms with E-state index in [0.29, 0.717) is 23.3 Å². The average molecular weight is 251 g/mol. The van der Waals surface area contributed by atoms with Crippen LogP contribution in [0.1, 0.15) is 12.6 Å². The summed E-state index contributed by atoms with van der Waals surface area (Å²) in [5.74, 6) is 0.350. The van der Waals surface area contributed by atoms with E-state index >= 15 is 0 Å². The van der Waals surface area contributed by atoms with Crippen LogP contribution in [-0.2, 0) is 4.74 Å². The van der Waals surface area contributed by atoms with Crippen molar-refractivity contribution in [1.82, 2.24) is 19.7 Å². The van der Waals surface area contributed by atoms with Gasteiger partial charge in [-0.2, -0.15) is 5.10 Å². The molecule has 8 heteroatoms. The Hall–Kier alpha value is -1.77. The highest BCUT2D eigenvalue weighted by molar-refractivity contribution is 5.84. The third-order valence-corrected chi connectivity index (χ3v) is 3.08. The lowest BCUT2D eigenvalue weighted by molar-refractivity contribution is -0.0470. The average Bonchev–Trinajstić information content (AvgIpc) is 2.93. The zero-order valence-corrected chi connectivity index (χ0v) is 9.47. The second kappa shape index (κ2) is 4.16. The highest BCUT2D eigenvalue weighted by atomic mass is 16.5. The van der Waals surface area contributed by atoms with Crippen LogP contribution < -0.4 is 5.73 Å². The third-order valence-electron chi connectivity index (χ3n) is 3.08. The maximum Gasteiger partial charge on any atom is 0.165 e. The van der Waals surface area contributed by atoms with Crippen molar-refractivity contribution in [3.8, 4) is 0 Å². The quantitative estimate of drug-likeness (QED) is 0.629. The fourth-order valence-corrected chi connectivity index (χ4v) is 2.12. The van der Waals surface area contributed by atoms with Gasteiger partial charge in [-0.1, -0.05) is 0 Å². The number of hydrogen-bond acceptors (Lipinski definition) is 7. The van der Waals surface area contributed by atoms with E-state index in [4.69, 9.17) is 15.6 Å². The molecule has 18 heavy (non-hydrogen) atoms. The molecule has 0 unspecified atom stereocenters. The molecule has 96 valence electrons. The van der Waals surface area contributed by atoms with Crippen LogP contribution in [0, 0.1) is 0 Å². The predicted octanol–water partition coefficient (Wildman–Crippen LogP) is -0.951. The number of aliphatic hydroxyl groups is 2. The topological polar surface area (TPSA) is 119 Å². The van der Waals surface area contributed by atoms with Crippen molar-refractivity contribution in [3.05, 3.63) is 12.5 Å². The Balaban J connectivity index is 1.99. The number of aliphatic hydroxyl groups excluding tert-OH is 2. The number of nitrogen functional groups attached to an aromatic ring is 1. The van der Waals surface area contributed by atoms with E-state index in [-0.39, 0.29) is 6.61 Å². The lowest BCUT2D eigenvalue weighted by atomic mass is 10.2. The maximum absolute atomic E-state index is 9.70. The second-order valence-corrected chi connectivity index (χ2v) is 4.20. The summed E-state index contributed by atoms with van der Waals surface area (Å²) in [5, 5.41) is 23.5. The molecule has 0 aromatic carbocycles. The molecule has 8 nitrogen and oxygen atoms in total. The molecule has 0 aliphatic carbocycles. The van der Waals surface area contributed by atoms with Gasteiger partial charge in [0.1, 0.15) is 18.2 Å². The Kier molecular flexibility index (Phi) is 2.62. The van der Waals surface area contributed by atoms with Gasteiger partial charge in [-0.3, -0.25) is 0 Å². The van der Waals surface area contributed by atoms with Crippen molar-refractivity contribution in [2.45, 2.75) is 24.9 Å². The number of hydrogen-bond donors (Lipinski definition) is 3. The van der Waals surface area contributed by atoms with E-state index in [1.807, 2.05) is 0 Å². The van der Waals surface area contributed by atoms with E-state index in [9.17, 15) is 5.11 Å². The summed E-state index contributed by atoms with van der Waals surface area (Å²) in [6.07, 6.45) is 1.51. The standard InChI is InChI=1S/C10H13N5O3/c11-9-5-2-14-15(10(5)13-4-12-9)8-1-6(17)7(3-16)18-8/h2,4,6-8,16-17H,1,3H2,(H2,11,12,13)/t6-,7+,8+/m0/s1.